The molecule has 0 radical (unpaired) electrons. The summed E-state index contributed by atoms with van der Waals surface area (Å²) in [5.41, 5.74) is 0. The van der Waals surface area contributed by atoms with E-state index in [1.165, 1.54) is 0 Å². The van der Waals surface area contributed by atoms with Gasteiger partial charge in [-0.1, -0.05) is 6.58 Å². The van der Waals surface area contributed by atoms with Crippen molar-refractivity contribution >= 4 is 6.20 Å². The van der Waals surface area contributed by atoms with E-state index in [9.17, 15) is 0 Å². The molecule has 1 N–H and O–H groups in total. The van der Waals surface area contributed by atoms with E-state index in [0.717, 1.165) is 0 Å². The molecule has 46 valence electrons. The Morgan fingerprint density at radius 1 is 1.56 bits per heavy atom. The van der Waals surface area contributed by atoms with Crippen LogP contribution in [-0.2, 0) is 19.5 Å². The zero-order chi connectivity index (χ0) is 5.11. The summed E-state index contributed by atoms with van der Waals surface area (Å²) < 4.78 is 1.83. The van der Waals surface area contributed by atoms with Gasteiger partial charge in [-0.2, -0.15) is 0 Å². The molecule has 0 atom stereocenters. The fraction of sp³-hybridized carbons (Fsp3) is 0. The molecule has 2 nitrogen and oxygen atoms in total. The predicted octanol–water partition coefficient (Wildman–Crippen LogP) is -2.60. The molecule has 0 aliphatic heterocycles. The minimum absolute atomic E-state index is 0. The molecule has 0 aromatic carbocycles. The summed E-state index contributed by atoms with van der Waals surface area (Å²) in [4.78, 5) is 2.87. The summed E-state index contributed by atoms with van der Waals surface area (Å²) in [6.07, 6.45) is 7.25. The van der Waals surface area contributed by atoms with Crippen LogP contribution in [0.2, 0.25) is 0 Å². The third-order valence-electron chi connectivity index (χ3n) is 0.777. The molecule has 9 heavy (non-hydrogen) atoms. The molecule has 0 unspecified atom stereocenters. The van der Waals surface area contributed by atoms with Crippen LogP contribution in [-0.4, -0.2) is 4.98 Å². The second kappa shape index (κ2) is 5.99. The number of nitrogens with one attached hydrogen (secondary N) is 1. The molecule has 0 aliphatic rings. The third kappa shape index (κ3) is 3.44. The number of H-pyrrole nitrogens is 1. The van der Waals surface area contributed by atoms with Crippen LogP contribution in [0, 0.1) is 0 Å². The second-order valence-corrected chi connectivity index (χ2v) is 1.24. The standard InChI is InChI=1S/C5H6N2.ClH.Zn/c1-2-7-4-3-6-5-7;;/h2-5H,1H2;1H;. The van der Waals surface area contributed by atoms with Crippen molar-refractivity contribution in [3.8, 4) is 0 Å². The molecule has 0 fully saturated rings. The number of aromatic nitrogens is 2. The average Bonchev–Trinajstić information content (AvgIpc) is 2.14. The van der Waals surface area contributed by atoms with Gasteiger partial charge in [0.05, 0.1) is 6.20 Å². The van der Waals surface area contributed by atoms with Crippen molar-refractivity contribution in [2.45, 2.75) is 0 Å². The number of hydrogen-bond donors (Lipinski definition) is 1. The van der Waals surface area contributed by atoms with E-state index < -0.39 is 0 Å². The maximum Gasteiger partial charge on any atom is 0.246 e. The Bertz CT molecular complexity index is 150. The minimum atomic E-state index is 0. The van der Waals surface area contributed by atoms with Crippen LogP contribution < -0.4 is 17.0 Å². The molecule has 0 bridgehead atoms. The van der Waals surface area contributed by atoms with Crippen LogP contribution in [0.1, 0.15) is 0 Å². The molecule has 4 heteroatoms. The topological polar surface area (TPSA) is 19.7 Å². The first-order valence-electron chi connectivity index (χ1n) is 2.09. The van der Waals surface area contributed by atoms with Crippen LogP contribution in [0.4, 0.5) is 0 Å². The van der Waals surface area contributed by atoms with Crippen molar-refractivity contribution in [2.75, 3.05) is 0 Å². The Morgan fingerprint density at radius 3 is 2.44 bits per heavy atom. The quantitative estimate of drug-likeness (QED) is 0.375. The number of aromatic amines is 1. The van der Waals surface area contributed by atoms with Crippen molar-refractivity contribution < 1.29 is 36.5 Å². The molecule has 0 amide bonds. The predicted molar refractivity (Wildman–Crippen MR) is 27.4 cm³/mol. The monoisotopic (exact) mass is 194 g/mol. The van der Waals surface area contributed by atoms with E-state index in [4.69, 9.17) is 0 Å². The van der Waals surface area contributed by atoms with Crippen LogP contribution in [0.15, 0.2) is 25.3 Å². The first-order chi connectivity index (χ1) is 3.43. The molecular weight excluding hydrogens is 189 g/mol. The van der Waals surface area contributed by atoms with Gasteiger partial charge in [-0.05, 0) is 0 Å². The van der Waals surface area contributed by atoms with Crippen molar-refractivity contribution in [1.82, 2.24) is 4.98 Å². The first-order valence-corrected chi connectivity index (χ1v) is 2.09. The van der Waals surface area contributed by atoms with E-state index >= 15 is 0 Å². The van der Waals surface area contributed by atoms with Crippen molar-refractivity contribution in [2.24, 2.45) is 0 Å². The molecular formula is C5H7ClN2Zn. The van der Waals surface area contributed by atoms with Gasteiger partial charge in [0.1, 0.15) is 12.4 Å². The fourth-order valence-electron chi connectivity index (χ4n) is 0.415. The van der Waals surface area contributed by atoms with Gasteiger partial charge in [-0.3, -0.25) is 0 Å². The maximum absolute atomic E-state index is 3.55. The molecule has 1 heterocycles. The zero-order valence-electron chi connectivity index (χ0n) is 5.05. The van der Waals surface area contributed by atoms with E-state index in [-0.39, 0.29) is 31.9 Å². The summed E-state index contributed by atoms with van der Waals surface area (Å²) >= 11 is 0. The largest absolute Gasteiger partial charge is 1.00 e. The van der Waals surface area contributed by atoms with Crippen LogP contribution in [0.25, 0.3) is 6.20 Å². The van der Waals surface area contributed by atoms with Gasteiger partial charge < -0.3 is 12.4 Å². The van der Waals surface area contributed by atoms with Gasteiger partial charge in [-0.25, -0.2) is 9.55 Å². The SMILES string of the molecule is C=C[n+]1cc[nH]c1.[Cl-].[Zn]. The van der Waals surface area contributed by atoms with E-state index in [2.05, 4.69) is 11.6 Å². The van der Waals surface area contributed by atoms with Gasteiger partial charge in [0.15, 0.2) is 0 Å². The number of imidazole rings is 1. The van der Waals surface area contributed by atoms with E-state index in [1.807, 2.05) is 23.3 Å². The van der Waals surface area contributed by atoms with Crippen molar-refractivity contribution in [3.63, 3.8) is 0 Å². The number of rotatable bonds is 1. The molecule has 1 rings (SSSR count). The van der Waals surface area contributed by atoms with Crippen LogP contribution >= 0.6 is 0 Å². The number of nitrogens with zero attached hydrogens (tertiary/aromatic N) is 1. The van der Waals surface area contributed by atoms with Gasteiger partial charge in [0, 0.05) is 19.5 Å². The van der Waals surface area contributed by atoms with E-state index in [0.29, 0.717) is 0 Å². The Balaban J connectivity index is 0. The van der Waals surface area contributed by atoms with Crippen LogP contribution in [0.5, 0.6) is 0 Å². The van der Waals surface area contributed by atoms with E-state index in [1.54, 1.807) is 6.20 Å². The molecule has 0 spiro atoms. The molecule has 0 aliphatic carbocycles. The number of hydrogen-bond acceptors (Lipinski definition) is 0. The molecule has 1 aromatic heterocycles. The van der Waals surface area contributed by atoms with Gasteiger partial charge >= 0.3 is 0 Å². The minimum Gasteiger partial charge on any atom is -1.00 e. The summed E-state index contributed by atoms with van der Waals surface area (Å²) in [5.74, 6) is 0. The summed E-state index contributed by atoms with van der Waals surface area (Å²) in [7, 11) is 0. The molecule has 1 aromatic rings. The van der Waals surface area contributed by atoms with Gasteiger partial charge in [0.25, 0.3) is 0 Å². The Morgan fingerprint density at radius 2 is 2.22 bits per heavy atom. The molecule has 0 saturated carbocycles. The molecule has 0 saturated heterocycles. The summed E-state index contributed by atoms with van der Waals surface area (Å²) in [5, 5.41) is 0. The van der Waals surface area contributed by atoms with Crippen molar-refractivity contribution in [3.05, 3.63) is 25.3 Å². The summed E-state index contributed by atoms with van der Waals surface area (Å²) in [6, 6.07) is 0. The Kier molecular flexibility index (Phi) is 7.74. The maximum atomic E-state index is 3.55. The van der Waals surface area contributed by atoms with Crippen molar-refractivity contribution in [1.29, 1.82) is 0 Å². The Labute approximate surface area is 73.1 Å². The normalized spacial score (nSPS) is 6.67. The average molecular weight is 196 g/mol. The van der Waals surface area contributed by atoms with Gasteiger partial charge in [-0.15, -0.1) is 0 Å². The first kappa shape index (κ1) is 11.6. The summed E-state index contributed by atoms with van der Waals surface area (Å²) in [6.45, 7) is 3.55. The van der Waals surface area contributed by atoms with Crippen LogP contribution in [0.3, 0.4) is 0 Å². The Hall–Kier alpha value is -0.137. The second-order valence-electron chi connectivity index (χ2n) is 1.24. The number of halogens is 1. The van der Waals surface area contributed by atoms with Gasteiger partial charge in [0.2, 0.25) is 6.33 Å². The third-order valence-corrected chi connectivity index (χ3v) is 0.777. The zero-order valence-corrected chi connectivity index (χ0v) is 8.77. The smallest absolute Gasteiger partial charge is 0.246 e. The fourth-order valence-corrected chi connectivity index (χ4v) is 0.415.